The van der Waals surface area contributed by atoms with Gasteiger partial charge < -0.3 is 4.90 Å². The van der Waals surface area contributed by atoms with Crippen LogP contribution in [-0.4, -0.2) is 0 Å². The third kappa shape index (κ3) is 4.14. The van der Waals surface area contributed by atoms with Crippen LogP contribution < -0.4 is 4.90 Å². The summed E-state index contributed by atoms with van der Waals surface area (Å²) in [7, 11) is 0. The van der Waals surface area contributed by atoms with Crippen LogP contribution in [0.3, 0.4) is 0 Å². The molecule has 59 heavy (non-hydrogen) atoms. The Bertz CT molecular complexity index is 3340. The molecule has 0 radical (unpaired) electrons. The van der Waals surface area contributed by atoms with Gasteiger partial charge in [0, 0.05) is 22.4 Å². The summed E-state index contributed by atoms with van der Waals surface area (Å²) in [4.78, 5) is 2.58. The van der Waals surface area contributed by atoms with E-state index in [0.29, 0.717) is 0 Å². The van der Waals surface area contributed by atoms with Crippen molar-refractivity contribution in [2.24, 2.45) is 0 Å². The Morgan fingerprint density at radius 3 is 1.31 bits per heavy atom. The van der Waals surface area contributed by atoms with Gasteiger partial charge in [0.05, 0.1) is 11.1 Å². The van der Waals surface area contributed by atoms with Crippen molar-refractivity contribution in [2.75, 3.05) is 4.90 Å². The van der Waals surface area contributed by atoms with E-state index in [2.05, 4.69) is 219 Å². The maximum Gasteiger partial charge on any atom is 0.0746 e. The lowest BCUT2D eigenvalue weighted by Crippen LogP contribution is -2.28. The van der Waals surface area contributed by atoms with Gasteiger partial charge in [-0.15, -0.1) is 0 Å². The van der Waals surface area contributed by atoms with Gasteiger partial charge in [-0.1, -0.05) is 184 Å². The van der Waals surface area contributed by atoms with Crippen LogP contribution in [0, 0.1) is 0 Å². The van der Waals surface area contributed by atoms with Crippen molar-refractivity contribution in [2.45, 2.75) is 24.7 Å². The quantitative estimate of drug-likeness (QED) is 0.163. The summed E-state index contributed by atoms with van der Waals surface area (Å²) in [5.74, 6) is 0. The van der Waals surface area contributed by atoms with Gasteiger partial charge in [0.2, 0.25) is 0 Å². The van der Waals surface area contributed by atoms with Crippen LogP contribution in [0.5, 0.6) is 0 Å². The van der Waals surface area contributed by atoms with Gasteiger partial charge in [-0.3, -0.25) is 0 Å². The minimum Gasteiger partial charge on any atom is -0.310 e. The molecule has 13 rings (SSSR count). The van der Waals surface area contributed by atoms with E-state index in [0.717, 1.165) is 11.4 Å². The molecule has 1 heteroatoms. The first-order valence-corrected chi connectivity index (χ1v) is 20.9. The lowest BCUT2D eigenvalue weighted by Gasteiger charge is -2.36. The van der Waals surface area contributed by atoms with Crippen LogP contribution in [0.2, 0.25) is 0 Å². The molecule has 3 aliphatic carbocycles. The highest BCUT2D eigenvalue weighted by molar-refractivity contribution is 6.26. The zero-order valence-corrected chi connectivity index (χ0v) is 33.0. The average Bonchev–Trinajstić information content (AvgIpc) is 3.85. The van der Waals surface area contributed by atoms with Gasteiger partial charge in [-0.25, -0.2) is 0 Å². The van der Waals surface area contributed by atoms with Gasteiger partial charge in [-0.2, -0.15) is 0 Å². The van der Waals surface area contributed by atoms with Crippen molar-refractivity contribution in [3.05, 3.63) is 234 Å². The van der Waals surface area contributed by atoms with Crippen LogP contribution in [0.1, 0.15) is 47.2 Å². The fourth-order valence-electron chi connectivity index (χ4n) is 11.6. The van der Waals surface area contributed by atoms with Crippen LogP contribution in [0.25, 0.3) is 65.7 Å². The molecule has 0 amide bonds. The number of anilines is 3. The summed E-state index contributed by atoms with van der Waals surface area (Å²) in [6, 6.07) is 75.6. The maximum atomic E-state index is 2.58. The summed E-state index contributed by atoms with van der Waals surface area (Å²) in [5, 5.41) is 7.66. The van der Waals surface area contributed by atoms with Crippen molar-refractivity contribution in [3.8, 4) is 33.4 Å². The average molecular weight is 750 g/mol. The Hall–Kier alpha value is -7.22. The number of rotatable bonds is 3. The van der Waals surface area contributed by atoms with E-state index in [-0.39, 0.29) is 5.41 Å². The zero-order valence-electron chi connectivity index (χ0n) is 33.0. The lowest BCUT2D eigenvalue weighted by atomic mass is 9.70. The van der Waals surface area contributed by atoms with Crippen LogP contribution in [-0.2, 0) is 10.8 Å². The van der Waals surface area contributed by atoms with Crippen molar-refractivity contribution in [1.82, 2.24) is 0 Å². The highest BCUT2D eigenvalue weighted by Crippen LogP contribution is 2.65. The molecule has 10 aromatic rings. The molecule has 0 atom stereocenters. The number of hydrogen-bond donors (Lipinski definition) is 0. The summed E-state index contributed by atoms with van der Waals surface area (Å²) in [5.41, 5.74) is 18.9. The first-order valence-electron chi connectivity index (χ1n) is 20.9. The first-order chi connectivity index (χ1) is 29.0. The molecule has 0 aromatic heterocycles. The highest BCUT2D eigenvalue weighted by Gasteiger charge is 2.53. The third-order valence-electron chi connectivity index (χ3n) is 14.0. The van der Waals surface area contributed by atoms with E-state index in [1.165, 1.54) is 105 Å². The molecule has 0 aliphatic heterocycles. The second-order valence-electron chi connectivity index (χ2n) is 17.1. The minimum atomic E-state index is -0.501. The molecular formula is C58H39N. The third-order valence-corrected chi connectivity index (χ3v) is 14.0. The summed E-state index contributed by atoms with van der Waals surface area (Å²) < 4.78 is 0. The monoisotopic (exact) mass is 749 g/mol. The largest absolute Gasteiger partial charge is 0.310 e. The second-order valence-corrected chi connectivity index (χ2v) is 17.1. The second kappa shape index (κ2) is 11.7. The fraction of sp³-hybridized carbons (Fsp3) is 0.0690. The van der Waals surface area contributed by atoms with E-state index in [9.17, 15) is 0 Å². The van der Waals surface area contributed by atoms with Crippen LogP contribution in [0.15, 0.2) is 200 Å². The Labute approximate surface area is 344 Å². The van der Waals surface area contributed by atoms with Gasteiger partial charge in [0.15, 0.2) is 0 Å². The smallest absolute Gasteiger partial charge is 0.0746 e. The lowest BCUT2D eigenvalue weighted by molar-refractivity contribution is 0.660. The van der Waals surface area contributed by atoms with E-state index in [1.807, 2.05) is 0 Å². The maximum absolute atomic E-state index is 2.58. The Morgan fingerprint density at radius 1 is 0.305 bits per heavy atom. The SMILES string of the molecule is CC1(C)c2ccccc2-c2cc(N(c3ccc4c5ccccc5c5ccccc5c4c3)c3cccc4c3C3(c5ccccc5-c5ccccc53)c3ccccc3-4)ccc21. The number of nitrogens with zero attached hydrogens (tertiary/aromatic N) is 1. The molecule has 1 spiro atoms. The van der Waals surface area contributed by atoms with E-state index in [4.69, 9.17) is 0 Å². The van der Waals surface area contributed by atoms with Crippen LogP contribution >= 0.6 is 0 Å². The highest BCUT2D eigenvalue weighted by atomic mass is 15.1. The predicted molar refractivity (Wildman–Crippen MR) is 248 cm³/mol. The number of benzene rings is 10. The summed E-state index contributed by atoms with van der Waals surface area (Å²) >= 11 is 0. The van der Waals surface area contributed by atoms with Crippen molar-refractivity contribution >= 4 is 49.4 Å². The van der Waals surface area contributed by atoms with E-state index < -0.39 is 5.41 Å². The topological polar surface area (TPSA) is 3.24 Å². The Morgan fingerprint density at radius 2 is 0.712 bits per heavy atom. The van der Waals surface area contributed by atoms with Crippen LogP contribution in [0.4, 0.5) is 17.1 Å². The molecule has 1 nitrogen and oxygen atoms in total. The Kier molecular flexibility index (Phi) is 6.50. The van der Waals surface area contributed by atoms with E-state index in [1.54, 1.807) is 0 Å². The van der Waals surface area contributed by atoms with Gasteiger partial charge >= 0.3 is 0 Å². The molecule has 0 unspecified atom stereocenters. The van der Waals surface area contributed by atoms with Crippen molar-refractivity contribution in [1.29, 1.82) is 0 Å². The molecule has 276 valence electrons. The molecule has 0 saturated carbocycles. The van der Waals surface area contributed by atoms with Gasteiger partial charge in [-0.05, 0) is 124 Å². The van der Waals surface area contributed by atoms with Crippen molar-refractivity contribution in [3.63, 3.8) is 0 Å². The molecule has 0 heterocycles. The van der Waals surface area contributed by atoms with Crippen molar-refractivity contribution < 1.29 is 0 Å². The molecular weight excluding hydrogens is 711 g/mol. The molecule has 0 fully saturated rings. The standard InChI is InChI=1S/C58H39N/c1-57(2)50-25-11-7-23-46(50)49-35-37(31-33-51(49)57)59(36-30-32-42-40-18-4-3-16-38(40)39-17-5-6-19-41(39)48(42)34-36)55-29-15-24-47-45-22-10-14-28-54(45)58(56(47)55)52-26-12-8-20-43(52)44-21-9-13-27-53(44)58/h3-35H,1-2H3. The molecule has 0 saturated heterocycles. The van der Waals surface area contributed by atoms with Gasteiger partial charge in [0.25, 0.3) is 0 Å². The van der Waals surface area contributed by atoms with Gasteiger partial charge in [0.1, 0.15) is 0 Å². The molecule has 0 N–H and O–H groups in total. The summed E-state index contributed by atoms with van der Waals surface area (Å²) in [6.45, 7) is 4.74. The Balaban J connectivity index is 1.16. The molecule has 10 aromatic carbocycles. The zero-order chi connectivity index (χ0) is 39.0. The minimum absolute atomic E-state index is 0.0881. The predicted octanol–water partition coefficient (Wildman–Crippen LogP) is 15.3. The normalized spacial score (nSPS) is 14.5. The number of hydrogen-bond acceptors (Lipinski definition) is 1. The first kappa shape index (κ1) is 32.8. The number of fused-ring (bicyclic) bond motifs is 19. The fourth-order valence-corrected chi connectivity index (χ4v) is 11.6. The molecule has 0 bridgehead atoms. The van der Waals surface area contributed by atoms with E-state index >= 15 is 0 Å². The molecule has 3 aliphatic rings. The summed E-state index contributed by atoms with van der Waals surface area (Å²) in [6.07, 6.45) is 0.